The van der Waals surface area contributed by atoms with Crippen molar-refractivity contribution in [3.05, 3.63) is 65.6 Å². The third-order valence-electron chi connectivity index (χ3n) is 4.93. The van der Waals surface area contributed by atoms with Crippen molar-refractivity contribution < 1.29 is 23.5 Å². The molecular formula is C22H21FN2O4. The number of nitrogens with zero attached hydrogens (tertiary/aromatic N) is 2. The second-order valence-corrected chi connectivity index (χ2v) is 6.70. The maximum atomic E-state index is 13.4. The standard InChI is InChI=1S/C22H21FN2O4/c1-2-29-18-9-7-17(8-10-18)25-21(26)19(15-3-5-16(23)6-4-15)20(22(25)27)24-11-13-28-14-12-24/h3-10H,2,11-14H2,1H3. The van der Waals surface area contributed by atoms with Gasteiger partial charge in [0.1, 0.15) is 17.3 Å². The topological polar surface area (TPSA) is 59.1 Å². The number of amides is 2. The fraction of sp³-hybridized carbons (Fsp3) is 0.273. The van der Waals surface area contributed by atoms with Crippen LogP contribution >= 0.6 is 0 Å². The van der Waals surface area contributed by atoms with Gasteiger partial charge in [-0.05, 0) is 48.9 Å². The van der Waals surface area contributed by atoms with Crippen molar-refractivity contribution in [3.63, 3.8) is 0 Å². The van der Waals surface area contributed by atoms with Crippen LogP contribution < -0.4 is 9.64 Å². The highest BCUT2D eigenvalue weighted by Gasteiger charge is 2.42. The molecule has 150 valence electrons. The SMILES string of the molecule is CCOc1ccc(N2C(=O)C(c3ccc(F)cc3)=C(N3CCOCC3)C2=O)cc1. The molecule has 0 radical (unpaired) electrons. The van der Waals surface area contributed by atoms with Crippen molar-refractivity contribution in [2.24, 2.45) is 0 Å². The zero-order valence-electron chi connectivity index (χ0n) is 16.1. The van der Waals surface area contributed by atoms with Crippen molar-refractivity contribution in [2.45, 2.75) is 6.92 Å². The van der Waals surface area contributed by atoms with Gasteiger partial charge in [-0.1, -0.05) is 12.1 Å². The molecule has 2 aliphatic heterocycles. The normalized spacial score (nSPS) is 17.3. The van der Waals surface area contributed by atoms with Gasteiger partial charge in [-0.3, -0.25) is 9.59 Å². The Morgan fingerprint density at radius 3 is 2.24 bits per heavy atom. The Labute approximate surface area is 168 Å². The van der Waals surface area contributed by atoms with Gasteiger partial charge in [-0.15, -0.1) is 0 Å². The molecule has 0 aliphatic carbocycles. The molecule has 29 heavy (non-hydrogen) atoms. The number of hydrogen-bond donors (Lipinski definition) is 0. The van der Waals surface area contributed by atoms with Gasteiger partial charge in [-0.25, -0.2) is 9.29 Å². The van der Waals surface area contributed by atoms with Gasteiger partial charge < -0.3 is 14.4 Å². The van der Waals surface area contributed by atoms with E-state index in [-0.39, 0.29) is 11.5 Å². The zero-order valence-corrected chi connectivity index (χ0v) is 16.1. The number of carbonyl (C=O) groups is 2. The number of imide groups is 1. The number of morpholine rings is 1. The van der Waals surface area contributed by atoms with Crippen LogP contribution in [0.5, 0.6) is 5.75 Å². The molecule has 2 heterocycles. The number of carbonyl (C=O) groups excluding carboxylic acids is 2. The maximum absolute atomic E-state index is 13.4. The van der Waals surface area contributed by atoms with Crippen molar-refractivity contribution in [2.75, 3.05) is 37.8 Å². The molecule has 0 unspecified atom stereocenters. The van der Waals surface area contributed by atoms with Gasteiger partial charge in [0.25, 0.3) is 11.8 Å². The highest BCUT2D eigenvalue weighted by atomic mass is 19.1. The molecule has 1 fully saturated rings. The molecule has 0 spiro atoms. The van der Waals surface area contributed by atoms with Gasteiger partial charge in [0.15, 0.2) is 0 Å². The van der Waals surface area contributed by atoms with Gasteiger partial charge in [0, 0.05) is 13.1 Å². The average Bonchev–Trinajstić information content (AvgIpc) is 3.00. The minimum absolute atomic E-state index is 0.283. The van der Waals surface area contributed by atoms with Crippen LogP contribution in [0.2, 0.25) is 0 Å². The summed E-state index contributed by atoms with van der Waals surface area (Å²) in [6.45, 7) is 4.38. The first-order valence-corrected chi connectivity index (χ1v) is 9.54. The Balaban J connectivity index is 1.75. The summed E-state index contributed by atoms with van der Waals surface area (Å²) in [6, 6.07) is 12.5. The van der Waals surface area contributed by atoms with Crippen LogP contribution in [0.1, 0.15) is 12.5 Å². The first-order chi connectivity index (χ1) is 14.1. The Morgan fingerprint density at radius 2 is 1.62 bits per heavy atom. The first kappa shape index (κ1) is 19.1. The van der Waals surface area contributed by atoms with E-state index in [1.807, 2.05) is 11.8 Å². The summed E-state index contributed by atoms with van der Waals surface area (Å²) in [6.07, 6.45) is 0. The number of ether oxygens (including phenoxy) is 2. The van der Waals surface area contributed by atoms with Crippen molar-refractivity contribution in [1.29, 1.82) is 0 Å². The molecule has 0 atom stereocenters. The zero-order chi connectivity index (χ0) is 20.4. The molecule has 2 aromatic carbocycles. The highest BCUT2D eigenvalue weighted by Crippen LogP contribution is 2.35. The number of benzene rings is 2. The average molecular weight is 396 g/mol. The summed E-state index contributed by atoms with van der Waals surface area (Å²) >= 11 is 0. The molecule has 2 aromatic rings. The number of anilines is 1. The molecule has 2 amide bonds. The molecule has 0 saturated carbocycles. The van der Waals surface area contributed by atoms with E-state index in [1.165, 1.54) is 29.2 Å². The van der Waals surface area contributed by atoms with E-state index in [2.05, 4.69) is 0 Å². The van der Waals surface area contributed by atoms with Gasteiger partial charge in [0.2, 0.25) is 0 Å². The third kappa shape index (κ3) is 3.61. The van der Waals surface area contributed by atoms with Crippen LogP contribution in [-0.2, 0) is 14.3 Å². The number of halogens is 1. The smallest absolute Gasteiger partial charge is 0.282 e. The van der Waals surface area contributed by atoms with E-state index in [1.54, 1.807) is 24.3 Å². The van der Waals surface area contributed by atoms with Crippen LogP contribution in [0.3, 0.4) is 0 Å². The Kier molecular flexibility index (Phi) is 5.31. The Hall–Kier alpha value is -3.19. The summed E-state index contributed by atoms with van der Waals surface area (Å²) in [5.41, 5.74) is 1.59. The summed E-state index contributed by atoms with van der Waals surface area (Å²) in [5, 5.41) is 0. The van der Waals surface area contributed by atoms with E-state index in [0.717, 1.165) is 0 Å². The second-order valence-electron chi connectivity index (χ2n) is 6.70. The van der Waals surface area contributed by atoms with Crippen molar-refractivity contribution in [1.82, 2.24) is 4.90 Å². The third-order valence-corrected chi connectivity index (χ3v) is 4.93. The molecule has 0 bridgehead atoms. The Bertz CT molecular complexity index is 948. The quantitative estimate of drug-likeness (QED) is 0.728. The molecule has 7 heteroatoms. The minimum Gasteiger partial charge on any atom is -0.494 e. The van der Waals surface area contributed by atoms with Crippen molar-refractivity contribution >= 4 is 23.1 Å². The fourth-order valence-electron chi connectivity index (χ4n) is 3.57. The summed E-state index contributed by atoms with van der Waals surface area (Å²) in [7, 11) is 0. The molecule has 0 N–H and O–H groups in total. The molecular weight excluding hydrogens is 375 g/mol. The van der Waals surface area contributed by atoms with Gasteiger partial charge in [0.05, 0.1) is 31.1 Å². The summed E-state index contributed by atoms with van der Waals surface area (Å²) < 4.78 is 24.3. The lowest BCUT2D eigenvalue weighted by Gasteiger charge is -2.29. The van der Waals surface area contributed by atoms with E-state index in [4.69, 9.17) is 9.47 Å². The van der Waals surface area contributed by atoms with Crippen LogP contribution in [0, 0.1) is 5.82 Å². The predicted octanol–water partition coefficient (Wildman–Crippen LogP) is 2.84. The monoisotopic (exact) mass is 396 g/mol. The number of hydrogen-bond acceptors (Lipinski definition) is 5. The largest absolute Gasteiger partial charge is 0.494 e. The van der Waals surface area contributed by atoms with E-state index in [9.17, 15) is 14.0 Å². The van der Waals surface area contributed by atoms with Gasteiger partial charge in [-0.2, -0.15) is 0 Å². The molecule has 2 aliphatic rings. The highest BCUT2D eigenvalue weighted by molar-refractivity contribution is 6.45. The fourth-order valence-corrected chi connectivity index (χ4v) is 3.57. The van der Waals surface area contributed by atoms with E-state index >= 15 is 0 Å². The Morgan fingerprint density at radius 1 is 0.966 bits per heavy atom. The van der Waals surface area contributed by atoms with E-state index in [0.29, 0.717) is 55.6 Å². The molecule has 4 rings (SSSR count). The lowest BCUT2D eigenvalue weighted by molar-refractivity contribution is -0.121. The number of rotatable bonds is 5. The van der Waals surface area contributed by atoms with Crippen LogP contribution in [0.25, 0.3) is 5.57 Å². The maximum Gasteiger partial charge on any atom is 0.282 e. The summed E-state index contributed by atoms with van der Waals surface area (Å²) in [5.74, 6) is -0.550. The second kappa shape index (κ2) is 8.05. The first-order valence-electron chi connectivity index (χ1n) is 9.54. The van der Waals surface area contributed by atoms with Crippen LogP contribution in [0.4, 0.5) is 10.1 Å². The van der Waals surface area contributed by atoms with Gasteiger partial charge >= 0.3 is 0 Å². The summed E-state index contributed by atoms with van der Waals surface area (Å²) in [4.78, 5) is 29.7. The molecule has 6 nitrogen and oxygen atoms in total. The van der Waals surface area contributed by atoms with Crippen LogP contribution in [0.15, 0.2) is 54.2 Å². The molecule has 0 aromatic heterocycles. The predicted molar refractivity (Wildman–Crippen MR) is 106 cm³/mol. The van der Waals surface area contributed by atoms with Crippen molar-refractivity contribution in [3.8, 4) is 5.75 Å². The lowest BCUT2D eigenvalue weighted by atomic mass is 10.0. The lowest BCUT2D eigenvalue weighted by Crippen LogP contribution is -2.40. The minimum atomic E-state index is -0.424. The molecule has 1 saturated heterocycles. The van der Waals surface area contributed by atoms with Crippen LogP contribution in [-0.4, -0.2) is 49.6 Å². The van der Waals surface area contributed by atoms with E-state index < -0.39 is 11.7 Å².